The third-order valence-corrected chi connectivity index (χ3v) is 7.48. The molecule has 15 heteroatoms. The number of hydrogen-bond acceptors (Lipinski definition) is 7. The van der Waals surface area contributed by atoms with Gasteiger partial charge in [-0.15, -0.1) is 18.3 Å². The van der Waals surface area contributed by atoms with Crippen molar-refractivity contribution in [1.82, 2.24) is 14.8 Å². The van der Waals surface area contributed by atoms with Gasteiger partial charge in [-0.05, 0) is 66.9 Å². The number of ether oxygens (including phenoxy) is 1. The highest BCUT2D eigenvalue weighted by Gasteiger charge is 2.33. The fourth-order valence-electron chi connectivity index (χ4n) is 4.43. The molecule has 0 atom stereocenters. The third kappa shape index (κ3) is 7.20. The van der Waals surface area contributed by atoms with Crippen molar-refractivity contribution in [3.63, 3.8) is 0 Å². The zero-order chi connectivity index (χ0) is 32.5. The Hall–Kier alpha value is -5.05. The first kappa shape index (κ1) is 31.4. The number of hydrogen-bond donors (Lipinski definition) is 1. The maximum atomic E-state index is 15.1. The van der Waals surface area contributed by atoms with Crippen molar-refractivity contribution in [2.75, 3.05) is 16.0 Å². The first-order valence-electron chi connectivity index (χ1n) is 13.4. The van der Waals surface area contributed by atoms with Gasteiger partial charge in [-0.25, -0.2) is 18.9 Å². The quantitative estimate of drug-likeness (QED) is 0.171. The van der Waals surface area contributed by atoms with Crippen LogP contribution in [0.15, 0.2) is 72.0 Å². The van der Waals surface area contributed by atoms with Crippen LogP contribution in [0.25, 0.3) is 17.1 Å². The van der Waals surface area contributed by atoms with Crippen molar-refractivity contribution in [3.05, 3.63) is 83.9 Å². The van der Waals surface area contributed by atoms with Crippen LogP contribution in [0, 0.1) is 5.82 Å². The van der Waals surface area contributed by atoms with Crippen LogP contribution in [-0.2, 0) is 4.79 Å². The number of anilines is 2. The number of aliphatic imine (C=N–C) groups is 1. The van der Waals surface area contributed by atoms with E-state index in [9.17, 15) is 27.6 Å². The van der Waals surface area contributed by atoms with Gasteiger partial charge in [0, 0.05) is 11.1 Å². The summed E-state index contributed by atoms with van der Waals surface area (Å²) in [7, 11) is 0. The van der Waals surface area contributed by atoms with Crippen LogP contribution in [0.2, 0.25) is 0 Å². The molecular weight excluding hydrogens is 616 g/mol. The van der Waals surface area contributed by atoms with Crippen molar-refractivity contribution in [2.24, 2.45) is 4.99 Å². The summed E-state index contributed by atoms with van der Waals surface area (Å²) in [5.74, 6) is -1.56. The number of urea groups is 1. The van der Waals surface area contributed by atoms with E-state index in [-0.39, 0.29) is 45.6 Å². The number of nitrogens with one attached hydrogen (secondary N) is 1. The Morgan fingerprint density at radius 3 is 2.44 bits per heavy atom. The first-order chi connectivity index (χ1) is 21.3. The van der Waals surface area contributed by atoms with Crippen LogP contribution in [0.4, 0.5) is 33.7 Å². The largest absolute Gasteiger partial charge is 0.573 e. The van der Waals surface area contributed by atoms with Crippen molar-refractivity contribution in [3.8, 4) is 22.8 Å². The van der Waals surface area contributed by atoms with Crippen LogP contribution in [-0.4, -0.2) is 49.8 Å². The fourth-order valence-corrected chi connectivity index (χ4v) is 5.29. The van der Waals surface area contributed by atoms with Crippen molar-refractivity contribution < 1.29 is 36.7 Å². The van der Waals surface area contributed by atoms with Crippen LogP contribution in [0.5, 0.6) is 5.75 Å². The number of rotatable bonds is 7. The minimum absolute atomic E-state index is 0.00129. The average Bonchev–Trinajstić information content (AvgIpc) is 3.60. The Morgan fingerprint density at radius 1 is 1.07 bits per heavy atom. The molecule has 3 aromatic carbocycles. The molecule has 2 heterocycles. The summed E-state index contributed by atoms with van der Waals surface area (Å²) < 4.78 is 57.4. The molecule has 4 aromatic rings. The smallest absolute Gasteiger partial charge is 0.406 e. The van der Waals surface area contributed by atoms with Gasteiger partial charge >= 0.3 is 12.4 Å². The summed E-state index contributed by atoms with van der Waals surface area (Å²) >= 11 is 1.05. The van der Waals surface area contributed by atoms with E-state index in [0.29, 0.717) is 16.9 Å². The predicted molar refractivity (Wildman–Crippen MR) is 160 cm³/mol. The van der Waals surface area contributed by atoms with Gasteiger partial charge in [-0.2, -0.15) is 4.99 Å². The number of Topliss-reactive ketones (excluding diaryl/α,β-unsaturated/α-hetero) is 1. The van der Waals surface area contributed by atoms with Gasteiger partial charge in [0.05, 0.1) is 22.8 Å². The zero-order valence-corrected chi connectivity index (χ0v) is 24.7. The Balaban J connectivity index is 1.32. The lowest BCUT2D eigenvalue weighted by atomic mass is 9.97. The Kier molecular flexibility index (Phi) is 8.73. The number of ketones is 1. The minimum atomic E-state index is -4.82. The van der Waals surface area contributed by atoms with E-state index in [4.69, 9.17) is 0 Å². The summed E-state index contributed by atoms with van der Waals surface area (Å²) in [6.45, 7) is 5.28. The number of carbonyl (C=O) groups is 3. The number of amides is 3. The molecule has 0 saturated carbocycles. The van der Waals surface area contributed by atoms with Gasteiger partial charge in [-0.3, -0.25) is 14.5 Å². The lowest BCUT2D eigenvalue weighted by Gasteiger charge is -2.22. The van der Waals surface area contributed by atoms with Crippen molar-refractivity contribution in [2.45, 2.75) is 33.1 Å². The number of halogens is 4. The molecule has 10 nitrogen and oxygen atoms in total. The maximum Gasteiger partial charge on any atom is 0.573 e. The molecule has 1 N–H and O–H groups in total. The average molecular weight is 641 g/mol. The number of benzene rings is 3. The van der Waals surface area contributed by atoms with E-state index in [1.807, 2.05) is 13.8 Å². The van der Waals surface area contributed by atoms with Crippen molar-refractivity contribution in [1.29, 1.82) is 0 Å². The summed E-state index contributed by atoms with van der Waals surface area (Å²) in [5.41, 5.74) is 2.11. The van der Waals surface area contributed by atoms with Gasteiger partial charge in [0.25, 0.3) is 0 Å². The van der Waals surface area contributed by atoms with E-state index in [1.165, 1.54) is 47.1 Å². The van der Waals surface area contributed by atoms with Crippen LogP contribution < -0.4 is 15.0 Å². The number of thioether (sulfide) groups is 1. The van der Waals surface area contributed by atoms with E-state index >= 15 is 4.39 Å². The maximum absolute atomic E-state index is 15.1. The molecule has 3 amide bonds. The van der Waals surface area contributed by atoms with Crippen molar-refractivity contribution >= 4 is 46.0 Å². The molecule has 0 unspecified atom stereocenters. The Bertz CT molecular complexity index is 1820. The van der Waals surface area contributed by atoms with Gasteiger partial charge in [0.2, 0.25) is 5.91 Å². The molecule has 1 aliphatic heterocycles. The second-order valence-corrected chi connectivity index (χ2v) is 11.0. The Morgan fingerprint density at radius 2 is 1.80 bits per heavy atom. The van der Waals surface area contributed by atoms with Gasteiger partial charge in [0.15, 0.2) is 16.8 Å². The molecule has 0 radical (unpaired) electrons. The molecular formula is C30H24F4N6O4S. The predicted octanol–water partition coefficient (Wildman–Crippen LogP) is 6.97. The standard InChI is InChI=1S/C30H24F4N6O4S/c1-16(2)22-10-4-18(17(3)41)13-25(22)40-26(42)14-45-29(40)37-28(43)36-24-11-5-19(12-23(24)31)27-35-15-39(38-27)20-6-8-21(9-7-20)44-30(32,33)34/h4-13,15-16H,14H2,1-3H3,(H,36,43). The molecule has 1 aromatic heterocycles. The third-order valence-electron chi connectivity index (χ3n) is 6.56. The SMILES string of the molecule is CC(=O)c1ccc(C(C)C)c(N2C(=O)CSC2=NC(=O)Nc2ccc(-c3ncn(-c4ccc(OC(F)(F)F)cc4)n3)cc2F)c1. The van der Waals surface area contributed by atoms with Crippen LogP contribution in [0.3, 0.4) is 0 Å². The second-order valence-electron chi connectivity index (χ2n) is 10.1. The highest BCUT2D eigenvalue weighted by molar-refractivity contribution is 8.15. The minimum Gasteiger partial charge on any atom is -0.406 e. The van der Waals surface area contributed by atoms with Crippen LogP contribution >= 0.6 is 11.8 Å². The highest BCUT2D eigenvalue weighted by atomic mass is 32.2. The van der Waals surface area contributed by atoms with Gasteiger partial charge in [-0.1, -0.05) is 37.7 Å². The molecule has 1 fully saturated rings. The van der Waals surface area contributed by atoms with Crippen LogP contribution in [0.1, 0.15) is 42.6 Å². The number of amidine groups is 1. The topological polar surface area (TPSA) is 119 Å². The molecule has 5 rings (SSSR count). The highest BCUT2D eigenvalue weighted by Crippen LogP contribution is 2.35. The first-order valence-corrected chi connectivity index (χ1v) is 14.4. The number of nitrogens with zero attached hydrogens (tertiary/aromatic N) is 5. The summed E-state index contributed by atoms with van der Waals surface area (Å²) in [6.07, 6.45) is -3.51. The molecule has 45 heavy (non-hydrogen) atoms. The fraction of sp³-hybridized carbons (Fsp3) is 0.200. The van der Waals surface area contributed by atoms with E-state index in [2.05, 4.69) is 25.1 Å². The van der Waals surface area contributed by atoms with Gasteiger partial charge < -0.3 is 10.1 Å². The number of alkyl halides is 3. The molecule has 0 spiro atoms. The lowest BCUT2D eigenvalue weighted by molar-refractivity contribution is -0.274. The zero-order valence-electron chi connectivity index (χ0n) is 23.9. The summed E-state index contributed by atoms with van der Waals surface area (Å²) in [6, 6.07) is 12.9. The summed E-state index contributed by atoms with van der Waals surface area (Å²) in [4.78, 5) is 47.2. The molecule has 0 bridgehead atoms. The molecule has 1 aliphatic rings. The summed E-state index contributed by atoms with van der Waals surface area (Å²) in [5, 5.41) is 6.71. The molecule has 0 aliphatic carbocycles. The van der Waals surface area contributed by atoms with Gasteiger partial charge in [0.1, 0.15) is 17.9 Å². The normalized spacial score (nSPS) is 14.4. The second kappa shape index (κ2) is 12.5. The van der Waals surface area contributed by atoms with E-state index in [1.54, 1.807) is 18.2 Å². The molecule has 232 valence electrons. The molecule has 1 saturated heterocycles. The number of carbonyl (C=O) groups excluding carboxylic acids is 3. The monoisotopic (exact) mass is 640 g/mol. The number of aromatic nitrogens is 3. The Labute approximate surface area is 258 Å². The lowest BCUT2D eigenvalue weighted by Crippen LogP contribution is -2.31. The van der Waals surface area contributed by atoms with E-state index in [0.717, 1.165) is 35.5 Å². The van der Waals surface area contributed by atoms with E-state index < -0.39 is 24.0 Å².